The zero-order chi connectivity index (χ0) is 20.5. The zero-order valence-electron chi connectivity index (χ0n) is 17.1. The van der Waals surface area contributed by atoms with Gasteiger partial charge >= 0.3 is 0 Å². The smallest absolute Gasteiger partial charge is 0.242 e. The molecule has 8 heteroatoms. The number of piperidine rings is 1. The van der Waals surface area contributed by atoms with Gasteiger partial charge in [-0.15, -0.1) is 11.3 Å². The number of rotatable bonds is 10. The minimum Gasteiger partial charge on any atom is -0.354 e. The van der Waals surface area contributed by atoms with Crippen molar-refractivity contribution in [3.8, 4) is 0 Å². The van der Waals surface area contributed by atoms with Crippen LogP contribution in [0, 0.1) is 5.92 Å². The van der Waals surface area contributed by atoms with Gasteiger partial charge in [-0.05, 0) is 38.8 Å². The van der Waals surface area contributed by atoms with Gasteiger partial charge in [-0.2, -0.15) is 0 Å². The molecule has 2 unspecified atom stereocenters. The van der Waals surface area contributed by atoms with Gasteiger partial charge in [-0.25, -0.2) is 4.98 Å². The quantitative estimate of drug-likeness (QED) is 0.457. The van der Waals surface area contributed by atoms with Crippen LogP contribution in [0.4, 0.5) is 0 Å². The van der Waals surface area contributed by atoms with E-state index in [0.717, 1.165) is 49.9 Å². The summed E-state index contributed by atoms with van der Waals surface area (Å²) in [5.41, 5.74) is 0.455. The van der Waals surface area contributed by atoms with E-state index in [-0.39, 0.29) is 23.8 Å². The Morgan fingerprint density at radius 2 is 2.21 bits per heavy atom. The SMILES string of the molecule is CCC(C)C(NC(=O)[C@H]1CCCCN1C)C(=O)NCCCc1nc(C=O)cs1. The number of nitrogens with one attached hydrogen (secondary N) is 2. The first kappa shape index (κ1) is 22.5. The number of likely N-dealkylation sites (tertiary alicyclic amines) is 1. The highest BCUT2D eigenvalue weighted by Gasteiger charge is 2.31. The predicted octanol–water partition coefficient (Wildman–Crippen LogP) is 2.02. The largest absolute Gasteiger partial charge is 0.354 e. The maximum Gasteiger partial charge on any atom is 0.242 e. The van der Waals surface area contributed by atoms with Crippen LogP contribution in [0.25, 0.3) is 0 Å². The lowest BCUT2D eigenvalue weighted by atomic mass is 9.96. The van der Waals surface area contributed by atoms with Crippen LogP contribution < -0.4 is 10.6 Å². The second kappa shape index (κ2) is 11.3. The number of aryl methyl sites for hydroxylation is 1. The molecule has 1 aliphatic heterocycles. The van der Waals surface area contributed by atoms with Gasteiger partial charge in [-0.1, -0.05) is 26.7 Å². The summed E-state index contributed by atoms with van der Waals surface area (Å²) < 4.78 is 0. The molecule has 0 aromatic carbocycles. The molecule has 1 aromatic heterocycles. The van der Waals surface area contributed by atoms with Crippen LogP contribution in [-0.2, 0) is 16.0 Å². The van der Waals surface area contributed by atoms with Gasteiger partial charge in [0, 0.05) is 18.3 Å². The monoisotopic (exact) mass is 408 g/mol. The van der Waals surface area contributed by atoms with Crippen LogP contribution >= 0.6 is 11.3 Å². The Balaban J connectivity index is 1.84. The fraction of sp³-hybridized carbons (Fsp3) is 0.700. The van der Waals surface area contributed by atoms with Crippen LogP contribution in [0.15, 0.2) is 5.38 Å². The standard InChI is InChI=1S/C20H32N4O3S/c1-4-14(2)18(23-19(26)16-8-5-6-11-24(16)3)20(27)21-10-7-9-17-22-15(12-25)13-28-17/h12-14,16,18H,4-11H2,1-3H3,(H,21,27)(H,23,26)/t14?,16-,18?/m1/s1. The molecule has 2 N–H and O–H groups in total. The summed E-state index contributed by atoms with van der Waals surface area (Å²) >= 11 is 1.46. The van der Waals surface area contributed by atoms with E-state index in [9.17, 15) is 14.4 Å². The number of likely N-dealkylation sites (N-methyl/N-ethyl adjacent to an activating group) is 1. The minimum absolute atomic E-state index is 0.0492. The lowest BCUT2D eigenvalue weighted by Gasteiger charge is -2.33. The number of nitrogens with zero attached hydrogens (tertiary/aromatic N) is 2. The first-order valence-corrected chi connectivity index (χ1v) is 11.0. The van der Waals surface area contributed by atoms with Gasteiger partial charge in [0.15, 0.2) is 6.29 Å². The number of amides is 2. The zero-order valence-corrected chi connectivity index (χ0v) is 17.9. The molecular weight excluding hydrogens is 376 g/mol. The summed E-state index contributed by atoms with van der Waals surface area (Å²) in [6, 6.07) is -0.667. The molecule has 2 heterocycles. The molecule has 0 bridgehead atoms. The number of carbonyl (C=O) groups excluding carboxylic acids is 3. The number of aromatic nitrogens is 1. The second-order valence-corrected chi connectivity index (χ2v) is 8.49. The topological polar surface area (TPSA) is 91.4 Å². The molecule has 1 aliphatic rings. The summed E-state index contributed by atoms with van der Waals surface area (Å²) in [6.45, 7) is 5.45. The highest BCUT2D eigenvalue weighted by Crippen LogP contribution is 2.16. The van der Waals surface area contributed by atoms with Crippen molar-refractivity contribution >= 4 is 29.4 Å². The van der Waals surface area contributed by atoms with Crippen molar-refractivity contribution in [3.05, 3.63) is 16.1 Å². The van der Waals surface area contributed by atoms with Gasteiger partial charge in [0.25, 0.3) is 0 Å². The second-order valence-electron chi connectivity index (χ2n) is 7.54. The van der Waals surface area contributed by atoms with E-state index < -0.39 is 6.04 Å². The Kier molecular flexibility index (Phi) is 9.05. The highest BCUT2D eigenvalue weighted by molar-refractivity contribution is 7.09. The van der Waals surface area contributed by atoms with Crippen molar-refractivity contribution in [2.24, 2.45) is 5.92 Å². The number of aldehydes is 1. The van der Waals surface area contributed by atoms with Crippen LogP contribution in [0.3, 0.4) is 0 Å². The number of hydrogen-bond acceptors (Lipinski definition) is 6. The summed E-state index contributed by atoms with van der Waals surface area (Å²) in [5, 5.41) is 8.57. The van der Waals surface area contributed by atoms with Gasteiger partial charge < -0.3 is 10.6 Å². The molecule has 2 amide bonds. The molecule has 7 nitrogen and oxygen atoms in total. The minimum atomic E-state index is -0.519. The number of thiazole rings is 1. The fourth-order valence-electron chi connectivity index (χ4n) is 3.41. The molecule has 0 saturated carbocycles. The summed E-state index contributed by atoms with van der Waals surface area (Å²) in [6.07, 6.45) is 6.01. The third-order valence-electron chi connectivity index (χ3n) is 5.42. The molecule has 0 spiro atoms. The molecule has 1 saturated heterocycles. The van der Waals surface area contributed by atoms with Gasteiger partial charge in [0.05, 0.1) is 11.0 Å². The highest BCUT2D eigenvalue weighted by atomic mass is 32.1. The first-order valence-electron chi connectivity index (χ1n) is 10.1. The summed E-state index contributed by atoms with van der Waals surface area (Å²) in [5.74, 6) is -0.118. The Labute approximate surface area is 171 Å². The molecule has 0 radical (unpaired) electrons. The Morgan fingerprint density at radius 1 is 1.43 bits per heavy atom. The van der Waals surface area contributed by atoms with Crippen molar-refractivity contribution < 1.29 is 14.4 Å². The van der Waals surface area contributed by atoms with E-state index >= 15 is 0 Å². The molecular formula is C20H32N4O3S. The molecule has 28 heavy (non-hydrogen) atoms. The van der Waals surface area contributed by atoms with Gasteiger partial charge in [-0.3, -0.25) is 19.3 Å². The Hall–Kier alpha value is -1.80. The number of hydrogen-bond donors (Lipinski definition) is 2. The lowest BCUT2D eigenvalue weighted by Crippen LogP contribution is -2.56. The van der Waals surface area contributed by atoms with Gasteiger partial charge in [0.1, 0.15) is 11.7 Å². The van der Waals surface area contributed by atoms with Crippen LogP contribution in [-0.4, -0.2) is 60.2 Å². The van der Waals surface area contributed by atoms with E-state index in [1.807, 2.05) is 20.9 Å². The molecule has 0 aliphatic carbocycles. The molecule has 156 valence electrons. The van der Waals surface area contributed by atoms with E-state index in [2.05, 4.69) is 20.5 Å². The van der Waals surface area contributed by atoms with Crippen molar-refractivity contribution in [2.75, 3.05) is 20.1 Å². The van der Waals surface area contributed by atoms with Crippen LogP contribution in [0.2, 0.25) is 0 Å². The van der Waals surface area contributed by atoms with Crippen molar-refractivity contribution in [1.82, 2.24) is 20.5 Å². The maximum absolute atomic E-state index is 12.7. The predicted molar refractivity (Wildman–Crippen MR) is 110 cm³/mol. The van der Waals surface area contributed by atoms with E-state index in [1.165, 1.54) is 11.3 Å². The maximum atomic E-state index is 12.7. The number of carbonyl (C=O) groups is 3. The third-order valence-corrected chi connectivity index (χ3v) is 6.35. The van der Waals surface area contributed by atoms with Crippen molar-refractivity contribution in [2.45, 2.75) is 64.5 Å². The van der Waals surface area contributed by atoms with E-state index in [4.69, 9.17) is 0 Å². The fourth-order valence-corrected chi connectivity index (χ4v) is 4.20. The first-order chi connectivity index (χ1) is 13.5. The lowest BCUT2D eigenvalue weighted by molar-refractivity contribution is -0.133. The average Bonchev–Trinajstić information content (AvgIpc) is 3.16. The molecule has 1 fully saturated rings. The molecule has 3 atom stereocenters. The van der Waals surface area contributed by atoms with E-state index in [0.29, 0.717) is 18.7 Å². The normalized spacial score (nSPS) is 19.6. The van der Waals surface area contributed by atoms with E-state index in [1.54, 1.807) is 5.38 Å². The van der Waals surface area contributed by atoms with Crippen LogP contribution in [0.1, 0.15) is 61.4 Å². The summed E-state index contributed by atoms with van der Waals surface area (Å²) in [4.78, 5) is 42.4. The third kappa shape index (κ3) is 6.38. The Bertz CT molecular complexity index is 664. The van der Waals surface area contributed by atoms with Gasteiger partial charge in [0.2, 0.25) is 11.8 Å². The van der Waals surface area contributed by atoms with Crippen molar-refractivity contribution in [1.29, 1.82) is 0 Å². The van der Waals surface area contributed by atoms with Crippen molar-refractivity contribution in [3.63, 3.8) is 0 Å². The average molecular weight is 409 g/mol. The Morgan fingerprint density at radius 3 is 2.86 bits per heavy atom. The van der Waals surface area contributed by atoms with Crippen LogP contribution in [0.5, 0.6) is 0 Å². The summed E-state index contributed by atoms with van der Waals surface area (Å²) in [7, 11) is 1.97. The molecule has 2 rings (SSSR count). The molecule has 1 aromatic rings.